The quantitative estimate of drug-likeness (QED) is 0.701. The maximum Gasteiger partial charge on any atom is 0.426 e. The molecule has 3 atom stereocenters. The molecule has 1 unspecified atom stereocenters. The van der Waals surface area contributed by atoms with Crippen molar-refractivity contribution in [1.82, 2.24) is 4.90 Å². The van der Waals surface area contributed by atoms with Crippen LogP contribution >= 0.6 is 0 Å². The molecule has 0 radical (unpaired) electrons. The lowest BCUT2D eigenvalue weighted by molar-refractivity contribution is -0.249. The normalized spacial score (nSPS) is 30.3. The molecular weight excluding hydrogens is 230 g/mol. The first kappa shape index (κ1) is 13.2. The Balaban J connectivity index is 2.80. The molecule has 0 saturated carbocycles. The Morgan fingerprint density at radius 2 is 1.88 bits per heavy atom. The first-order chi connectivity index (χ1) is 7.07. The Morgan fingerprint density at radius 3 is 2.19 bits per heavy atom. The van der Waals surface area contributed by atoms with Crippen LogP contribution in [0.2, 0.25) is 0 Å². The van der Waals surface area contributed by atoms with E-state index in [1.54, 1.807) is 0 Å². The van der Waals surface area contributed by atoms with Crippen LogP contribution < -0.4 is 0 Å². The second-order valence-corrected chi connectivity index (χ2v) is 4.27. The zero-order valence-electron chi connectivity index (χ0n) is 8.88. The Labute approximate surface area is 90.0 Å². The van der Waals surface area contributed by atoms with Gasteiger partial charge in [-0.2, -0.15) is 13.2 Å². The molecule has 1 fully saturated rings. The minimum absolute atomic E-state index is 0.105. The summed E-state index contributed by atoms with van der Waals surface area (Å²) in [6.45, 7) is 1.38. The van der Waals surface area contributed by atoms with Gasteiger partial charge in [0.25, 0.3) is 5.91 Å². The van der Waals surface area contributed by atoms with E-state index in [2.05, 4.69) is 0 Å². The Morgan fingerprint density at radius 1 is 1.38 bits per heavy atom. The SMILES string of the molecule is C[C@@H]1CN(C(=O)C(C)(O)C(F)(F)F)C[C@@H]1F. The number of hydrogen-bond acceptors (Lipinski definition) is 2. The summed E-state index contributed by atoms with van der Waals surface area (Å²) in [6.07, 6.45) is -6.39. The fourth-order valence-corrected chi connectivity index (χ4v) is 1.52. The summed E-state index contributed by atoms with van der Waals surface area (Å²) >= 11 is 0. The number of halogens is 4. The van der Waals surface area contributed by atoms with Crippen LogP contribution in [0, 0.1) is 5.92 Å². The fraction of sp³-hybridized carbons (Fsp3) is 0.889. The molecule has 0 aromatic heterocycles. The van der Waals surface area contributed by atoms with Crippen molar-refractivity contribution in [3.63, 3.8) is 0 Å². The molecular formula is C9H13F4NO2. The molecule has 16 heavy (non-hydrogen) atoms. The highest BCUT2D eigenvalue weighted by atomic mass is 19.4. The summed E-state index contributed by atoms with van der Waals surface area (Å²) in [5, 5.41) is 9.11. The standard InChI is InChI=1S/C9H13F4NO2/c1-5-3-14(4-6(5)10)7(15)8(2,16)9(11,12)13/h5-6,16H,3-4H2,1-2H3/t5-,6+,8?/m1/s1. The second kappa shape index (κ2) is 3.87. The third-order valence-electron chi connectivity index (χ3n) is 2.78. The molecule has 1 amide bonds. The van der Waals surface area contributed by atoms with Crippen molar-refractivity contribution in [2.45, 2.75) is 31.8 Å². The maximum atomic E-state index is 13.1. The van der Waals surface area contributed by atoms with Gasteiger partial charge in [-0.05, 0) is 6.92 Å². The van der Waals surface area contributed by atoms with Gasteiger partial charge in [-0.15, -0.1) is 0 Å². The first-order valence-electron chi connectivity index (χ1n) is 4.80. The van der Waals surface area contributed by atoms with Crippen molar-refractivity contribution in [2.75, 3.05) is 13.1 Å². The molecule has 1 saturated heterocycles. The lowest BCUT2D eigenvalue weighted by Crippen LogP contribution is -2.55. The van der Waals surface area contributed by atoms with Crippen LogP contribution in [-0.2, 0) is 4.79 Å². The highest BCUT2D eigenvalue weighted by Gasteiger charge is 2.58. The summed E-state index contributed by atoms with van der Waals surface area (Å²) in [5.74, 6) is -2.00. The van der Waals surface area contributed by atoms with Crippen LogP contribution in [0.25, 0.3) is 0 Å². The maximum absolute atomic E-state index is 13.1. The van der Waals surface area contributed by atoms with Gasteiger partial charge in [0.15, 0.2) is 0 Å². The van der Waals surface area contributed by atoms with Crippen LogP contribution in [0.5, 0.6) is 0 Å². The monoisotopic (exact) mass is 243 g/mol. The number of amides is 1. The molecule has 7 heteroatoms. The van der Waals surface area contributed by atoms with Crippen molar-refractivity contribution in [1.29, 1.82) is 0 Å². The third kappa shape index (κ3) is 2.14. The lowest BCUT2D eigenvalue weighted by atomic mass is 10.1. The van der Waals surface area contributed by atoms with Gasteiger partial charge in [0.05, 0.1) is 6.54 Å². The molecule has 1 N–H and O–H groups in total. The van der Waals surface area contributed by atoms with Crippen molar-refractivity contribution in [3.05, 3.63) is 0 Å². The van der Waals surface area contributed by atoms with Crippen molar-refractivity contribution in [3.8, 4) is 0 Å². The van der Waals surface area contributed by atoms with Crippen LogP contribution in [0.1, 0.15) is 13.8 Å². The second-order valence-electron chi connectivity index (χ2n) is 4.27. The summed E-state index contributed by atoms with van der Waals surface area (Å²) < 4.78 is 50.1. The van der Waals surface area contributed by atoms with Gasteiger partial charge in [-0.1, -0.05) is 6.92 Å². The van der Waals surface area contributed by atoms with E-state index < -0.39 is 36.3 Å². The van der Waals surface area contributed by atoms with Gasteiger partial charge in [0, 0.05) is 12.5 Å². The largest absolute Gasteiger partial charge is 0.426 e. The number of carbonyl (C=O) groups excluding carboxylic acids is 1. The molecule has 1 aliphatic rings. The van der Waals surface area contributed by atoms with Crippen molar-refractivity contribution in [2.24, 2.45) is 5.92 Å². The van der Waals surface area contributed by atoms with Crippen LogP contribution in [-0.4, -0.2) is 47.0 Å². The van der Waals surface area contributed by atoms with Crippen LogP contribution in [0.4, 0.5) is 17.6 Å². The molecule has 0 spiro atoms. The number of carbonyl (C=O) groups is 1. The number of likely N-dealkylation sites (tertiary alicyclic amines) is 1. The Kier molecular flexibility index (Phi) is 3.20. The number of rotatable bonds is 1. The molecule has 1 heterocycles. The number of hydrogen-bond donors (Lipinski definition) is 1. The smallest absolute Gasteiger partial charge is 0.373 e. The first-order valence-corrected chi connectivity index (χ1v) is 4.80. The molecule has 0 aromatic rings. The average Bonchev–Trinajstić information content (AvgIpc) is 2.43. The predicted molar refractivity (Wildman–Crippen MR) is 47.3 cm³/mol. The fourth-order valence-electron chi connectivity index (χ4n) is 1.52. The van der Waals surface area contributed by atoms with Gasteiger partial charge in [-0.3, -0.25) is 4.79 Å². The zero-order valence-corrected chi connectivity index (χ0v) is 8.88. The topological polar surface area (TPSA) is 40.5 Å². The average molecular weight is 243 g/mol. The van der Waals surface area contributed by atoms with E-state index in [1.165, 1.54) is 6.92 Å². The summed E-state index contributed by atoms with van der Waals surface area (Å²) in [4.78, 5) is 12.1. The number of alkyl halides is 4. The molecule has 1 rings (SSSR count). The molecule has 3 nitrogen and oxygen atoms in total. The van der Waals surface area contributed by atoms with Crippen LogP contribution in [0.3, 0.4) is 0 Å². The third-order valence-corrected chi connectivity index (χ3v) is 2.78. The Hall–Kier alpha value is -0.850. The van der Waals surface area contributed by atoms with E-state index in [9.17, 15) is 22.4 Å². The van der Waals surface area contributed by atoms with Crippen molar-refractivity contribution < 1.29 is 27.5 Å². The summed E-state index contributed by atoms with van der Waals surface area (Å²) in [6, 6.07) is 0. The molecule has 0 bridgehead atoms. The number of aliphatic hydroxyl groups is 1. The number of nitrogens with zero attached hydrogens (tertiary/aromatic N) is 1. The molecule has 94 valence electrons. The van der Waals surface area contributed by atoms with Gasteiger partial charge >= 0.3 is 6.18 Å². The minimum Gasteiger partial charge on any atom is -0.373 e. The predicted octanol–water partition coefficient (Wildman–Crippen LogP) is 1.12. The van der Waals surface area contributed by atoms with Gasteiger partial charge in [-0.25, -0.2) is 4.39 Å². The molecule has 0 aromatic carbocycles. The van der Waals surface area contributed by atoms with Gasteiger partial charge in [0.1, 0.15) is 6.17 Å². The highest BCUT2D eigenvalue weighted by molar-refractivity contribution is 5.85. The van der Waals surface area contributed by atoms with E-state index >= 15 is 0 Å². The van der Waals surface area contributed by atoms with E-state index in [4.69, 9.17) is 5.11 Å². The molecule has 1 aliphatic heterocycles. The minimum atomic E-state index is -5.05. The van der Waals surface area contributed by atoms with Crippen LogP contribution in [0.15, 0.2) is 0 Å². The summed E-state index contributed by atoms with van der Waals surface area (Å²) in [7, 11) is 0. The summed E-state index contributed by atoms with van der Waals surface area (Å²) in [5.41, 5.74) is -3.45. The van der Waals surface area contributed by atoms with E-state index in [0.717, 1.165) is 0 Å². The van der Waals surface area contributed by atoms with E-state index in [-0.39, 0.29) is 6.54 Å². The van der Waals surface area contributed by atoms with Crippen molar-refractivity contribution >= 4 is 5.91 Å². The zero-order chi connectivity index (χ0) is 12.7. The Bertz CT molecular complexity index is 280. The molecule has 0 aliphatic carbocycles. The highest BCUT2D eigenvalue weighted by Crippen LogP contribution is 2.33. The van der Waals surface area contributed by atoms with Gasteiger partial charge in [0.2, 0.25) is 5.60 Å². The lowest BCUT2D eigenvalue weighted by Gasteiger charge is -2.29. The van der Waals surface area contributed by atoms with E-state index in [1.807, 2.05) is 0 Å². The van der Waals surface area contributed by atoms with E-state index in [0.29, 0.717) is 11.8 Å². The van der Waals surface area contributed by atoms with Gasteiger partial charge < -0.3 is 10.0 Å².